The van der Waals surface area contributed by atoms with Crippen LogP contribution in [0.4, 0.5) is 0 Å². The van der Waals surface area contributed by atoms with E-state index in [1.165, 1.54) is 11.8 Å². The molecular formula is C21H23N3O2S. The minimum absolute atomic E-state index is 0.0477. The molecule has 0 unspecified atom stereocenters. The van der Waals surface area contributed by atoms with Gasteiger partial charge in [-0.05, 0) is 50.2 Å². The van der Waals surface area contributed by atoms with Crippen molar-refractivity contribution >= 4 is 17.7 Å². The van der Waals surface area contributed by atoms with Gasteiger partial charge in [0.15, 0.2) is 0 Å². The monoisotopic (exact) mass is 381 g/mol. The summed E-state index contributed by atoms with van der Waals surface area (Å²) in [5, 5.41) is 8.28. The highest BCUT2D eigenvalue weighted by atomic mass is 32.2. The molecule has 0 radical (unpaired) electrons. The van der Waals surface area contributed by atoms with Gasteiger partial charge in [-0.15, -0.1) is 10.2 Å². The Labute approximate surface area is 163 Å². The Morgan fingerprint density at radius 2 is 1.81 bits per heavy atom. The van der Waals surface area contributed by atoms with Gasteiger partial charge in [0, 0.05) is 18.7 Å². The third kappa shape index (κ3) is 4.57. The zero-order chi connectivity index (χ0) is 19.2. The second kappa shape index (κ2) is 8.86. The van der Waals surface area contributed by atoms with Crippen LogP contribution in [0, 0.1) is 6.92 Å². The Bertz CT molecular complexity index is 891. The molecule has 0 N–H and O–H groups in total. The van der Waals surface area contributed by atoms with Crippen molar-refractivity contribution in [3.63, 3.8) is 0 Å². The van der Waals surface area contributed by atoms with Crippen molar-refractivity contribution in [3.05, 3.63) is 65.7 Å². The number of aromatic nitrogens is 2. The average Bonchev–Trinajstić information content (AvgIpc) is 3.16. The lowest BCUT2D eigenvalue weighted by molar-refractivity contribution is -0.130. The molecule has 0 spiro atoms. The summed E-state index contributed by atoms with van der Waals surface area (Å²) < 4.78 is 5.84. The number of thioether (sulfide) groups is 1. The van der Waals surface area contributed by atoms with Crippen molar-refractivity contribution in [1.82, 2.24) is 15.1 Å². The molecule has 3 rings (SSSR count). The Kier molecular flexibility index (Phi) is 6.29. The van der Waals surface area contributed by atoms with Crippen molar-refractivity contribution in [3.8, 4) is 11.5 Å². The van der Waals surface area contributed by atoms with E-state index < -0.39 is 5.25 Å². The van der Waals surface area contributed by atoms with Crippen LogP contribution in [0.5, 0.6) is 0 Å². The number of carbonyl (C=O) groups is 1. The number of amides is 1. The summed E-state index contributed by atoms with van der Waals surface area (Å²) in [7, 11) is 0. The smallest absolute Gasteiger partial charge is 0.277 e. The molecule has 0 saturated heterocycles. The fraction of sp³-hybridized carbons (Fsp3) is 0.286. The lowest BCUT2D eigenvalue weighted by Gasteiger charge is -2.24. The third-order valence-electron chi connectivity index (χ3n) is 4.29. The van der Waals surface area contributed by atoms with Gasteiger partial charge in [0.25, 0.3) is 5.22 Å². The quantitative estimate of drug-likeness (QED) is 0.553. The molecule has 5 nitrogen and oxygen atoms in total. The summed E-state index contributed by atoms with van der Waals surface area (Å²) >= 11 is 1.30. The Morgan fingerprint density at radius 3 is 2.48 bits per heavy atom. The molecule has 1 amide bonds. The van der Waals surface area contributed by atoms with Crippen molar-refractivity contribution in [1.29, 1.82) is 0 Å². The molecule has 0 aliphatic rings. The Morgan fingerprint density at radius 1 is 1.07 bits per heavy atom. The van der Waals surface area contributed by atoms with Crippen LogP contribution in [0.25, 0.3) is 11.5 Å². The molecular weight excluding hydrogens is 358 g/mol. The fourth-order valence-corrected chi connectivity index (χ4v) is 3.80. The largest absolute Gasteiger partial charge is 0.411 e. The first-order valence-corrected chi connectivity index (χ1v) is 9.91. The molecule has 0 fully saturated rings. The lowest BCUT2D eigenvalue weighted by atomic mass is 10.1. The number of benzene rings is 2. The summed E-state index contributed by atoms with van der Waals surface area (Å²) in [6.07, 6.45) is 0. The molecule has 3 aromatic rings. The molecule has 2 aromatic carbocycles. The standard InChI is InChI=1S/C21H23N3O2S/c1-4-24(5-2)20(25)18(16-11-7-6-8-12-16)27-21-23-22-19(26-21)17-13-9-10-15(3)14-17/h6-14,18H,4-5H2,1-3H3/t18-/m0/s1. The van der Waals surface area contributed by atoms with E-state index in [-0.39, 0.29) is 5.91 Å². The van der Waals surface area contributed by atoms with Crippen molar-refractivity contribution < 1.29 is 9.21 Å². The van der Waals surface area contributed by atoms with Gasteiger partial charge in [0.2, 0.25) is 11.8 Å². The van der Waals surface area contributed by atoms with E-state index in [0.29, 0.717) is 24.2 Å². The first kappa shape index (κ1) is 19.2. The number of hydrogen-bond acceptors (Lipinski definition) is 5. The van der Waals surface area contributed by atoms with E-state index in [1.54, 1.807) is 0 Å². The second-order valence-electron chi connectivity index (χ2n) is 6.16. The minimum Gasteiger partial charge on any atom is -0.411 e. The van der Waals surface area contributed by atoms with Crippen molar-refractivity contribution in [2.75, 3.05) is 13.1 Å². The van der Waals surface area contributed by atoms with Crippen LogP contribution in [0.15, 0.2) is 64.2 Å². The number of carbonyl (C=O) groups excluding carboxylic acids is 1. The maximum absolute atomic E-state index is 13.0. The summed E-state index contributed by atoms with van der Waals surface area (Å²) in [5.41, 5.74) is 2.93. The molecule has 1 heterocycles. The first-order chi connectivity index (χ1) is 13.1. The molecule has 140 valence electrons. The zero-order valence-corrected chi connectivity index (χ0v) is 16.6. The van der Waals surface area contributed by atoms with E-state index in [2.05, 4.69) is 10.2 Å². The molecule has 27 heavy (non-hydrogen) atoms. The van der Waals surface area contributed by atoms with Crippen LogP contribution < -0.4 is 0 Å². The van der Waals surface area contributed by atoms with Gasteiger partial charge in [-0.2, -0.15) is 0 Å². The highest BCUT2D eigenvalue weighted by Gasteiger charge is 2.28. The number of hydrogen-bond donors (Lipinski definition) is 0. The number of rotatable bonds is 7. The Balaban J connectivity index is 1.87. The predicted octanol–water partition coefficient (Wildman–Crippen LogP) is 4.75. The van der Waals surface area contributed by atoms with E-state index in [1.807, 2.05) is 80.3 Å². The van der Waals surface area contributed by atoms with Crippen LogP contribution in [0.3, 0.4) is 0 Å². The van der Waals surface area contributed by atoms with Crippen LogP contribution in [0.2, 0.25) is 0 Å². The summed E-state index contributed by atoms with van der Waals surface area (Å²) in [6, 6.07) is 17.6. The predicted molar refractivity (Wildman–Crippen MR) is 107 cm³/mol. The van der Waals surface area contributed by atoms with Gasteiger partial charge in [0.1, 0.15) is 5.25 Å². The third-order valence-corrected chi connectivity index (χ3v) is 5.37. The summed E-state index contributed by atoms with van der Waals surface area (Å²) in [4.78, 5) is 14.9. The van der Waals surface area contributed by atoms with E-state index in [0.717, 1.165) is 16.7 Å². The van der Waals surface area contributed by atoms with Crippen LogP contribution in [-0.2, 0) is 4.79 Å². The van der Waals surface area contributed by atoms with Gasteiger partial charge in [-0.3, -0.25) is 4.79 Å². The van der Waals surface area contributed by atoms with Gasteiger partial charge in [0.05, 0.1) is 0 Å². The van der Waals surface area contributed by atoms with E-state index in [4.69, 9.17) is 4.42 Å². The maximum Gasteiger partial charge on any atom is 0.277 e. The minimum atomic E-state index is -0.420. The van der Waals surface area contributed by atoms with E-state index >= 15 is 0 Å². The van der Waals surface area contributed by atoms with Crippen molar-refractivity contribution in [2.24, 2.45) is 0 Å². The SMILES string of the molecule is CCN(CC)C(=O)[C@@H](Sc1nnc(-c2cccc(C)c2)o1)c1ccccc1. The molecule has 6 heteroatoms. The van der Waals surface area contributed by atoms with Crippen LogP contribution in [0.1, 0.15) is 30.2 Å². The number of aryl methyl sites for hydroxylation is 1. The van der Waals surface area contributed by atoms with Crippen LogP contribution in [-0.4, -0.2) is 34.1 Å². The molecule has 1 aromatic heterocycles. The molecule has 0 saturated carbocycles. The Hall–Kier alpha value is -2.60. The van der Waals surface area contributed by atoms with Gasteiger partial charge in [-0.1, -0.05) is 48.0 Å². The van der Waals surface area contributed by atoms with Crippen LogP contribution >= 0.6 is 11.8 Å². The van der Waals surface area contributed by atoms with E-state index in [9.17, 15) is 4.79 Å². The second-order valence-corrected chi connectivity index (χ2v) is 7.22. The number of nitrogens with zero attached hydrogens (tertiary/aromatic N) is 3. The molecule has 0 bridgehead atoms. The van der Waals surface area contributed by atoms with Gasteiger partial charge < -0.3 is 9.32 Å². The topological polar surface area (TPSA) is 59.2 Å². The molecule has 0 aliphatic carbocycles. The fourth-order valence-electron chi connectivity index (χ4n) is 2.84. The lowest BCUT2D eigenvalue weighted by Crippen LogP contribution is -2.33. The number of likely N-dealkylation sites (N-methyl/N-ethyl adjacent to an activating group) is 1. The summed E-state index contributed by atoms with van der Waals surface area (Å²) in [6.45, 7) is 7.31. The normalized spacial score (nSPS) is 12.0. The molecule has 0 aliphatic heterocycles. The highest BCUT2D eigenvalue weighted by molar-refractivity contribution is 8.00. The maximum atomic E-state index is 13.0. The molecule has 1 atom stereocenters. The van der Waals surface area contributed by atoms with Gasteiger partial charge >= 0.3 is 0 Å². The summed E-state index contributed by atoms with van der Waals surface area (Å²) in [5.74, 6) is 0.509. The average molecular weight is 382 g/mol. The highest BCUT2D eigenvalue weighted by Crippen LogP contribution is 2.37. The van der Waals surface area contributed by atoms with Crippen molar-refractivity contribution in [2.45, 2.75) is 31.2 Å². The van der Waals surface area contributed by atoms with Gasteiger partial charge in [-0.25, -0.2) is 0 Å². The first-order valence-electron chi connectivity index (χ1n) is 9.03. The zero-order valence-electron chi connectivity index (χ0n) is 15.8.